The molecule has 0 radical (unpaired) electrons. The third-order valence-electron chi connectivity index (χ3n) is 2.91. The van der Waals surface area contributed by atoms with Gasteiger partial charge in [-0.1, -0.05) is 24.3 Å². The number of methoxy groups -OCH3 is 1. The van der Waals surface area contributed by atoms with E-state index >= 15 is 0 Å². The summed E-state index contributed by atoms with van der Waals surface area (Å²) in [6, 6.07) is 12.8. The van der Waals surface area contributed by atoms with E-state index in [2.05, 4.69) is 10.5 Å². The minimum absolute atomic E-state index is 0.0511. The highest BCUT2D eigenvalue weighted by Gasteiger charge is 2.06. The van der Waals surface area contributed by atoms with Crippen LogP contribution in [0.2, 0.25) is 0 Å². The number of amides is 1. The van der Waals surface area contributed by atoms with Gasteiger partial charge in [-0.2, -0.15) is 5.10 Å². The number of hydrogen-bond donors (Lipinski definition) is 1. The monoisotopic (exact) mass is 329 g/mol. The van der Waals surface area contributed by atoms with Gasteiger partial charge in [-0.15, -0.1) is 0 Å². The number of carbonyl (C=O) groups is 1. The zero-order chi connectivity index (χ0) is 17.4. The number of nitro groups is 1. The number of nitro benzene ring substituents is 1. The van der Waals surface area contributed by atoms with Gasteiger partial charge >= 0.3 is 0 Å². The molecule has 0 aliphatic carbocycles. The molecule has 0 saturated carbocycles. The molecule has 2 aromatic rings. The minimum Gasteiger partial charge on any atom is -0.493 e. The first kappa shape index (κ1) is 16.9. The van der Waals surface area contributed by atoms with Crippen molar-refractivity contribution in [2.24, 2.45) is 5.10 Å². The molecule has 2 rings (SSSR count). The van der Waals surface area contributed by atoms with Crippen molar-refractivity contribution in [3.05, 3.63) is 64.2 Å². The fourth-order valence-corrected chi connectivity index (χ4v) is 1.81. The predicted octanol–water partition coefficient (Wildman–Crippen LogP) is 2.13. The summed E-state index contributed by atoms with van der Waals surface area (Å²) in [5.41, 5.74) is 2.73. The van der Waals surface area contributed by atoms with E-state index in [0.717, 1.165) is 0 Å². The Kier molecular flexibility index (Phi) is 5.84. The van der Waals surface area contributed by atoms with Crippen molar-refractivity contribution in [3.63, 3.8) is 0 Å². The Labute approximate surface area is 137 Å². The van der Waals surface area contributed by atoms with Crippen LogP contribution in [0.4, 0.5) is 5.69 Å². The third kappa shape index (κ3) is 4.80. The number of ether oxygens (including phenoxy) is 2. The molecule has 1 amide bonds. The molecule has 0 heterocycles. The summed E-state index contributed by atoms with van der Waals surface area (Å²) in [7, 11) is 1.51. The first-order valence-corrected chi connectivity index (χ1v) is 6.92. The van der Waals surface area contributed by atoms with Crippen molar-refractivity contribution in [3.8, 4) is 11.5 Å². The molecule has 0 spiro atoms. The van der Waals surface area contributed by atoms with Crippen LogP contribution >= 0.6 is 0 Å². The Hall–Kier alpha value is -3.42. The molecule has 8 nitrogen and oxygen atoms in total. The lowest BCUT2D eigenvalue weighted by molar-refractivity contribution is -0.384. The van der Waals surface area contributed by atoms with Gasteiger partial charge in [0.2, 0.25) is 0 Å². The number of benzene rings is 2. The molecule has 0 aliphatic rings. The fraction of sp³-hybridized carbons (Fsp3) is 0.125. The Bertz CT molecular complexity index is 761. The lowest BCUT2D eigenvalue weighted by atomic mass is 10.2. The van der Waals surface area contributed by atoms with Crippen LogP contribution in [0.3, 0.4) is 0 Å². The number of hydrazone groups is 1. The Balaban J connectivity index is 1.87. The summed E-state index contributed by atoms with van der Waals surface area (Å²) < 4.78 is 10.4. The van der Waals surface area contributed by atoms with E-state index in [1.807, 2.05) is 0 Å². The number of non-ortho nitro benzene ring substituents is 1. The summed E-state index contributed by atoms with van der Waals surface area (Å²) >= 11 is 0. The van der Waals surface area contributed by atoms with Gasteiger partial charge in [0.25, 0.3) is 11.6 Å². The average molecular weight is 329 g/mol. The molecule has 24 heavy (non-hydrogen) atoms. The molecule has 124 valence electrons. The molecule has 0 aliphatic heterocycles. The van der Waals surface area contributed by atoms with Gasteiger partial charge in [0.15, 0.2) is 18.1 Å². The number of nitrogens with one attached hydrogen (secondary N) is 1. The highest BCUT2D eigenvalue weighted by molar-refractivity contribution is 5.83. The number of rotatable bonds is 7. The van der Waals surface area contributed by atoms with Gasteiger partial charge in [-0.3, -0.25) is 14.9 Å². The van der Waals surface area contributed by atoms with Crippen LogP contribution in [0.5, 0.6) is 11.5 Å². The van der Waals surface area contributed by atoms with Crippen LogP contribution in [0.1, 0.15) is 5.56 Å². The smallest absolute Gasteiger partial charge is 0.277 e. The zero-order valence-electron chi connectivity index (χ0n) is 12.8. The SMILES string of the molecule is COc1ccccc1OCC(=O)NN=Cc1cccc([N+](=O)[O-])c1. The van der Waals surface area contributed by atoms with Crippen molar-refractivity contribution in [1.29, 1.82) is 0 Å². The van der Waals surface area contributed by atoms with Crippen molar-refractivity contribution in [2.45, 2.75) is 0 Å². The number of carbonyl (C=O) groups excluding carboxylic acids is 1. The maximum atomic E-state index is 11.7. The zero-order valence-corrected chi connectivity index (χ0v) is 12.8. The average Bonchev–Trinajstić information content (AvgIpc) is 2.60. The highest BCUT2D eigenvalue weighted by atomic mass is 16.6. The molecular formula is C16H15N3O5. The highest BCUT2D eigenvalue weighted by Crippen LogP contribution is 2.25. The molecule has 0 aromatic heterocycles. The molecule has 2 aromatic carbocycles. The lowest BCUT2D eigenvalue weighted by Gasteiger charge is -2.09. The van der Waals surface area contributed by atoms with E-state index in [4.69, 9.17) is 9.47 Å². The van der Waals surface area contributed by atoms with Crippen LogP contribution in [-0.4, -0.2) is 30.8 Å². The first-order valence-electron chi connectivity index (χ1n) is 6.92. The van der Waals surface area contributed by atoms with Gasteiger partial charge < -0.3 is 9.47 Å². The number of para-hydroxylation sites is 2. The van der Waals surface area contributed by atoms with Crippen LogP contribution in [0, 0.1) is 10.1 Å². The molecule has 0 saturated heterocycles. The standard InChI is InChI=1S/C16H15N3O5/c1-23-14-7-2-3-8-15(14)24-11-16(20)18-17-10-12-5-4-6-13(9-12)19(21)22/h2-10H,11H2,1H3,(H,18,20). The van der Waals surface area contributed by atoms with Crippen LogP contribution < -0.4 is 14.9 Å². The van der Waals surface area contributed by atoms with Crippen molar-refractivity contribution in [2.75, 3.05) is 13.7 Å². The number of hydrogen-bond acceptors (Lipinski definition) is 6. The maximum absolute atomic E-state index is 11.7. The Morgan fingerprint density at radius 1 is 1.25 bits per heavy atom. The molecule has 1 N–H and O–H groups in total. The fourth-order valence-electron chi connectivity index (χ4n) is 1.81. The summed E-state index contributed by atoms with van der Waals surface area (Å²) in [6.07, 6.45) is 1.31. The van der Waals surface area contributed by atoms with E-state index in [1.165, 1.54) is 31.5 Å². The van der Waals surface area contributed by atoms with Crippen LogP contribution in [0.25, 0.3) is 0 Å². The van der Waals surface area contributed by atoms with E-state index in [0.29, 0.717) is 17.1 Å². The molecule has 0 atom stereocenters. The second-order valence-corrected chi connectivity index (χ2v) is 4.58. The molecular weight excluding hydrogens is 314 g/mol. The second kappa shape index (κ2) is 8.28. The van der Waals surface area contributed by atoms with Gasteiger partial charge in [0, 0.05) is 17.7 Å². The van der Waals surface area contributed by atoms with Gasteiger partial charge in [-0.05, 0) is 12.1 Å². The van der Waals surface area contributed by atoms with E-state index in [9.17, 15) is 14.9 Å². The molecule has 0 bridgehead atoms. The first-order chi connectivity index (χ1) is 11.6. The molecule has 0 unspecified atom stereocenters. The topological polar surface area (TPSA) is 103 Å². The Morgan fingerprint density at radius 2 is 2.00 bits per heavy atom. The molecule has 8 heteroatoms. The van der Waals surface area contributed by atoms with Crippen LogP contribution in [0.15, 0.2) is 53.6 Å². The largest absolute Gasteiger partial charge is 0.493 e. The van der Waals surface area contributed by atoms with Crippen molar-refractivity contribution >= 4 is 17.8 Å². The van der Waals surface area contributed by atoms with Gasteiger partial charge in [-0.25, -0.2) is 5.43 Å². The summed E-state index contributed by atoms with van der Waals surface area (Å²) in [4.78, 5) is 21.9. The number of nitrogens with zero attached hydrogens (tertiary/aromatic N) is 2. The van der Waals surface area contributed by atoms with Gasteiger partial charge in [0.05, 0.1) is 18.2 Å². The lowest BCUT2D eigenvalue weighted by Crippen LogP contribution is -2.24. The quantitative estimate of drug-likeness (QED) is 0.476. The summed E-state index contributed by atoms with van der Waals surface area (Å²) in [5.74, 6) is 0.491. The maximum Gasteiger partial charge on any atom is 0.277 e. The summed E-state index contributed by atoms with van der Waals surface area (Å²) in [6.45, 7) is -0.243. The minimum atomic E-state index is -0.503. The van der Waals surface area contributed by atoms with Gasteiger partial charge in [0.1, 0.15) is 0 Å². The third-order valence-corrected chi connectivity index (χ3v) is 2.91. The molecule has 0 fully saturated rings. The van der Waals surface area contributed by atoms with Crippen molar-refractivity contribution in [1.82, 2.24) is 5.43 Å². The summed E-state index contributed by atoms with van der Waals surface area (Å²) in [5, 5.41) is 14.4. The second-order valence-electron chi connectivity index (χ2n) is 4.58. The van der Waals surface area contributed by atoms with Crippen LogP contribution in [-0.2, 0) is 4.79 Å². The Morgan fingerprint density at radius 3 is 2.71 bits per heavy atom. The van der Waals surface area contributed by atoms with E-state index in [-0.39, 0.29) is 12.3 Å². The predicted molar refractivity (Wildman–Crippen MR) is 87.3 cm³/mol. The van der Waals surface area contributed by atoms with Crippen molar-refractivity contribution < 1.29 is 19.2 Å². The normalized spacial score (nSPS) is 10.4. The van der Waals surface area contributed by atoms with E-state index in [1.54, 1.807) is 30.3 Å². The van der Waals surface area contributed by atoms with E-state index < -0.39 is 10.8 Å².